The Hall–Kier alpha value is -4.13. The molecule has 5 N–H and O–H groups in total. The van der Waals surface area contributed by atoms with Crippen molar-refractivity contribution in [2.45, 2.75) is 6.92 Å². The summed E-state index contributed by atoms with van der Waals surface area (Å²) < 4.78 is 13.7. The minimum absolute atomic E-state index is 0.0802. The number of hydrogen-bond donors (Lipinski definition) is 4. The third-order valence-corrected chi connectivity index (χ3v) is 4.39. The summed E-state index contributed by atoms with van der Waals surface area (Å²) in [4.78, 5) is 27.0. The number of H-pyrrole nitrogens is 1. The Labute approximate surface area is 172 Å². The predicted octanol–water partition coefficient (Wildman–Crippen LogP) is 3.33. The number of benzene rings is 2. The van der Waals surface area contributed by atoms with Gasteiger partial charge < -0.3 is 21.4 Å². The van der Waals surface area contributed by atoms with Crippen LogP contribution in [0.25, 0.3) is 23.8 Å². The highest BCUT2D eigenvalue weighted by molar-refractivity contribution is 6.00. The van der Waals surface area contributed by atoms with Crippen LogP contribution in [-0.2, 0) is 0 Å². The number of para-hydroxylation sites is 1. The molecule has 152 valence electrons. The van der Waals surface area contributed by atoms with Gasteiger partial charge in [-0.1, -0.05) is 43.0 Å². The van der Waals surface area contributed by atoms with Crippen LogP contribution >= 0.6 is 0 Å². The maximum Gasteiger partial charge on any atom is 0.323 e. The lowest BCUT2D eigenvalue weighted by molar-refractivity contribution is 0.0996. The van der Waals surface area contributed by atoms with Gasteiger partial charge in [0, 0.05) is 21.8 Å². The third kappa shape index (κ3) is 4.47. The quantitative estimate of drug-likeness (QED) is 0.524. The zero-order chi connectivity index (χ0) is 21.7. The summed E-state index contributed by atoms with van der Waals surface area (Å²) in [5.74, 6) is -1.12. The van der Waals surface area contributed by atoms with E-state index in [2.05, 4.69) is 22.2 Å². The van der Waals surface area contributed by atoms with Gasteiger partial charge in [0.1, 0.15) is 11.5 Å². The average molecular weight is 404 g/mol. The smallest absolute Gasteiger partial charge is 0.323 e. The van der Waals surface area contributed by atoms with Crippen molar-refractivity contribution in [3.8, 4) is 11.1 Å². The normalized spacial score (nSPS) is 11.6. The molecule has 0 unspecified atom stereocenters. The van der Waals surface area contributed by atoms with Gasteiger partial charge in [-0.25, -0.2) is 9.18 Å². The highest BCUT2D eigenvalue weighted by Gasteiger charge is 2.15. The summed E-state index contributed by atoms with van der Waals surface area (Å²) in [6.45, 7) is 5.94. The minimum atomic E-state index is -0.596. The summed E-state index contributed by atoms with van der Waals surface area (Å²) in [5, 5.41) is 6.41. The Bertz CT molecular complexity index is 1230. The molecule has 3 amide bonds. The van der Waals surface area contributed by atoms with Gasteiger partial charge in [-0.05, 0) is 42.8 Å². The number of amides is 3. The first kappa shape index (κ1) is 20.6. The number of carbonyl (C=O) groups is 2. The third-order valence-electron chi connectivity index (χ3n) is 4.39. The lowest BCUT2D eigenvalue weighted by Crippen LogP contribution is -2.21. The Morgan fingerprint density at radius 1 is 1.10 bits per heavy atom. The molecular weight excluding hydrogens is 383 g/mol. The van der Waals surface area contributed by atoms with Crippen molar-refractivity contribution in [2.75, 3.05) is 10.6 Å². The number of urea groups is 1. The van der Waals surface area contributed by atoms with Crippen LogP contribution in [0.1, 0.15) is 17.4 Å². The predicted molar refractivity (Wildman–Crippen MR) is 118 cm³/mol. The number of allylic oxidation sites excluding steroid dienone is 2. The van der Waals surface area contributed by atoms with E-state index >= 15 is 0 Å². The van der Waals surface area contributed by atoms with E-state index in [0.717, 1.165) is 0 Å². The van der Waals surface area contributed by atoms with E-state index in [1.54, 1.807) is 36.4 Å². The molecule has 2 aromatic carbocycles. The van der Waals surface area contributed by atoms with Crippen LogP contribution in [0.5, 0.6) is 0 Å². The Morgan fingerprint density at radius 3 is 2.43 bits per heavy atom. The monoisotopic (exact) mass is 404 g/mol. The van der Waals surface area contributed by atoms with Gasteiger partial charge in [0.25, 0.3) is 5.91 Å². The molecule has 0 saturated heterocycles. The van der Waals surface area contributed by atoms with Crippen LogP contribution in [0.4, 0.5) is 20.6 Å². The number of aromatic nitrogens is 1. The molecule has 0 aliphatic rings. The molecule has 3 aromatic rings. The maximum absolute atomic E-state index is 13.7. The van der Waals surface area contributed by atoms with Gasteiger partial charge >= 0.3 is 6.03 Å². The van der Waals surface area contributed by atoms with E-state index in [1.165, 1.54) is 18.2 Å². The molecule has 0 aliphatic carbocycles. The van der Waals surface area contributed by atoms with E-state index in [-0.39, 0.29) is 11.4 Å². The number of hydrogen-bond acceptors (Lipinski definition) is 2. The molecule has 0 bridgehead atoms. The Kier molecular flexibility index (Phi) is 6.12. The molecule has 1 aromatic heterocycles. The molecule has 0 aliphatic heterocycles. The molecular formula is C23H21FN4O2. The van der Waals surface area contributed by atoms with E-state index in [0.29, 0.717) is 27.4 Å². The van der Waals surface area contributed by atoms with Crippen LogP contribution in [-0.4, -0.2) is 16.9 Å². The summed E-state index contributed by atoms with van der Waals surface area (Å²) in [7, 11) is 0. The van der Waals surface area contributed by atoms with E-state index in [9.17, 15) is 14.0 Å². The fourth-order valence-electron chi connectivity index (χ4n) is 2.96. The molecule has 0 spiro atoms. The zero-order valence-corrected chi connectivity index (χ0v) is 16.3. The molecule has 6 nitrogen and oxygen atoms in total. The fraction of sp³-hybridized carbons (Fsp3) is 0.0435. The largest absolute Gasteiger partial charge is 0.364 e. The molecule has 0 fully saturated rings. The first-order valence-corrected chi connectivity index (χ1v) is 9.17. The summed E-state index contributed by atoms with van der Waals surface area (Å²) in [6, 6.07) is 12.1. The number of nitrogens with one attached hydrogen (secondary N) is 3. The van der Waals surface area contributed by atoms with Crippen molar-refractivity contribution in [3.05, 3.63) is 82.8 Å². The number of rotatable bonds is 5. The van der Waals surface area contributed by atoms with Gasteiger partial charge in [-0.2, -0.15) is 0 Å². The topological polar surface area (TPSA) is 100 Å². The lowest BCUT2D eigenvalue weighted by Gasteiger charge is -2.09. The second-order valence-electron chi connectivity index (χ2n) is 6.46. The van der Waals surface area contributed by atoms with Gasteiger partial charge in [0.2, 0.25) is 0 Å². The van der Waals surface area contributed by atoms with Crippen molar-refractivity contribution in [1.29, 1.82) is 0 Å². The van der Waals surface area contributed by atoms with Crippen LogP contribution in [0.3, 0.4) is 0 Å². The molecule has 1 heterocycles. The van der Waals surface area contributed by atoms with Crippen molar-refractivity contribution in [2.24, 2.45) is 5.73 Å². The second-order valence-corrected chi connectivity index (χ2v) is 6.46. The Morgan fingerprint density at radius 2 is 1.80 bits per heavy atom. The number of primary amides is 1. The first-order chi connectivity index (χ1) is 14.4. The van der Waals surface area contributed by atoms with E-state index < -0.39 is 17.8 Å². The van der Waals surface area contributed by atoms with Crippen molar-refractivity contribution in [3.63, 3.8) is 0 Å². The van der Waals surface area contributed by atoms with Gasteiger partial charge in [-0.15, -0.1) is 0 Å². The highest BCUT2D eigenvalue weighted by Crippen LogP contribution is 2.21. The molecule has 30 heavy (non-hydrogen) atoms. The van der Waals surface area contributed by atoms with E-state index in [4.69, 9.17) is 5.73 Å². The summed E-state index contributed by atoms with van der Waals surface area (Å²) >= 11 is 0. The zero-order valence-electron chi connectivity index (χ0n) is 16.3. The van der Waals surface area contributed by atoms with Crippen LogP contribution in [0, 0.1) is 5.82 Å². The number of aromatic amines is 1. The highest BCUT2D eigenvalue weighted by atomic mass is 19.1. The SMILES string of the molecule is C=c1c(-c2ccc(NC(=O)Nc3ccccc3F)cc2)c(C(N)=O)[nH]/c1=C/C=C\C. The van der Waals surface area contributed by atoms with Gasteiger partial charge in [0.15, 0.2) is 0 Å². The molecule has 7 heteroatoms. The van der Waals surface area contributed by atoms with Gasteiger partial charge in [-0.3, -0.25) is 4.79 Å². The second kappa shape index (κ2) is 8.91. The van der Waals surface area contributed by atoms with E-state index in [1.807, 2.05) is 19.1 Å². The minimum Gasteiger partial charge on any atom is -0.364 e. The fourth-order valence-corrected chi connectivity index (χ4v) is 2.96. The Balaban J connectivity index is 1.85. The van der Waals surface area contributed by atoms with Crippen LogP contribution in [0.15, 0.2) is 60.7 Å². The summed E-state index contributed by atoms with van der Waals surface area (Å²) in [6.07, 6.45) is 5.49. The number of halogens is 1. The lowest BCUT2D eigenvalue weighted by atomic mass is 10.0. The first-order valence-electron chi connectivity index (χ1n) is 9.17. The molecule has 0 radical (unpaired) electrons. The standard InChI is InChI=1S/C23H21FN4O2/c1-3-4-8-18-14(2)20(21(27-18)22(25)29)15-10-12-16(13-11-15)26-23(30)28-19-9-6-5-7-17(19)24/h3-13,27H,2H2,1H3,(H2,25,29)(H2,26,28,30)/b4-3-,18-8+. The molecule has 0 atom stereocenters. The number of carbonyl (C=O) groups excluding carboxylic acids is 2. The van der Waals surface area contributed by atoms with Crippen molar-refractivity contribution in [1.82, 2.24) is 4.98 Å². The number of nitrogens with two attached hydrogens (primary N) is 1. The molecule has 0 saturated carbocycles. The average Bonchev–Trinajstić information content (AvgIpc) is 3.05. The van der Waals surface area contributed by atoms with Crippen LogP contribution in [0.2, 0.25) is 0 Å². The van der Waals surface area contributed by atoms with Gasteiger partial charge in [0.05, 0.1) is 5.69 Å². The van der Waals surface area contributed by atoms with Crippen LogP contribution < -0.4 is 26.9 Å². The summed E-state index contributed by atoms with van der Waals surface area (Å²) in [5.41, 5.74) is 7.66. The maximum atomic E-state index is 13.7. The molecule has 3 rings (SSSR count). The van der Waals surface area contributed by atoms with Crippen molar-refractivity contribution < 1.29 is 14.0 Å². The number of anilines is 2. The van der Waals surface area contributed by atoms with Crippen molar-refractivity contribution >= 4 is 36.0 Å².